The van der Waals surface area contributed by atoms with E-state index in [1.165, 1.54) is 30.4 Å². The summed E-state index contributed by atoms with van der Waals surface area (Å²) >= 11 is 0. The van der Waals surface area contributed by atoms with Gasteiger partial charge < -0.3 is 10.6 Å². The number of nitrogens with two attached hydrogens (primary N) is 1. The first kappa shape index (κ1) is 16.2. The van der Waals surface area contributed by atoms with E-state index in [1.807, 2.05) is 0 Å². The molecule has 0 aliphatic rings. The number of benzene rings is 1. The predicted octanol–water partition coefficient (Wildman–Crippen LogP) is 3.76. The maximum Gasteiger partial charge on any atom is 0.0424 e. The van der Waals surface area contributed by atoms with Crippen LogP contribution in [0, 0.1) is 0 Å². The highest BCUT2D eigenvalue weighted by molar-refractivity contribution is 5.25. The molecule has 1 rings (SSSR count). The van der Waals surface area contributed by atoms with Crippen molar-refractivity contribution in [3.05, 3.63) is 35.4 Å². The summed E-state index contributed by atoms with van der Waals surface area (Å²) in [5.41, 5.74) is 8.97. The van der Waals surface area contributed by atoms with Crippen molar-refractivity contribution in [3.63, 3.8) is 0 Å². The standard InChI is InChI=1S/C17H30N2/c1-5-7-14(3)19(4)13-17(18)16-11-9-15(8-6-2)10-12-16/h9-12,14,17H,5-8,13,18H2,1-4H3. The quantitative estimate of drug-likeness (QED) is 0.773. The fraction of sp³-hybridized carbons (Fsp3) is 0.647. The van der Waals surface area contributed by atoms with Crippen LogP contribution in [0.5, 0.6) is 0 Å². The van der Waals surface area contributed by atoms with Gasteiger partial charge in [0.2, 0.25) is 0 Å². The molecule has 1 aromatic rings. The fourth-order valence-electron chi connectivity index (χ4n) is 2.45. The highest BCUT2D eigenvalue weighted by atomic mass is 15.1. The molecule has 0 aromatic heterocycles. The molecule has 19 heavy (non-hydrogen) atoms. The summed E-state index contributed by atoms with van der Waals surface area (Å²) in [6.45, 7) is 7.65. The molecule has 1 aromatic carbocycles. The highest BCUT2D eigenvalue weighted by Crippen LogP contribution is 2.15. The van der Waals surface area contributed by atoms with Crippen LogP contribution < -0.4 is 5.73 Å². The SMILES string of the molecule is CCCc1ccc(C(N)CN(C)C(C)CCC)cc1. The molecule has 2 atom stereocenters. The molecule has 0 bridgehead atoms. The number of likely N-dealkylation sites (N-methyl/N-ethyl adjacent to an activating group) is 1. The third-order valence-electron chi connectivity index (χ3n) is 3.89. The smallest absolute Gasteiger partial charge is 0.0424 e. The van der Waals surface area contributed by atoms with E-state index in [9.17, 15) is 0 Å². The molecule has 0 fully saturated rings. The van der Waals surface area contributed by atoms with Gasteiger partial charge in [0.15, 0.2) is 0 Å². The largest absolute Gasteiger partial charge is 0.323 e. The second-order valence-corrected chi connectivity index (χ2v) is 5.68. The molecule has 0 spiro atoms. The van der Waals surface area contributed by atoms with Crippen molar-refractivity contribution in [1.82, 2.24) is 4.90 Å². The molecule has 108 valence electrons. The molecule has 2 unspecified atom stereocenters. The van der Waals surface area contributed by atoms with Crippen LogP contribution in [0.2, 0.25) is 0 Å². The normalized spacial score (nSPS) is 14.6. The average molecular weight is 262 g/mol. The molecule has 0 aliphatic carbocycles. The van der Waals surface area contributed by atoms with Crippen LogP contribution in [-0.4, -0.2) is 24.5 Å². The summed E-state index contributed by atoms with van der Waals surface area (Å²) in [5.74, 6) is 0. The van der Waals surface area contributed by atoms with Gasteiger partial charge in [-0.2, -0.15) is 0 Å². The fourth-order valence-corrected chi connectivity index (χ4v) is 2.45. The first-order valence-electron chi connectivity index (χ1n) is 7.63. The maximum absolute atomic E-state index is 6.31. The zero-order valence-corrected chi connectivity index (χ0v) is 13.0. The Morgan fingerprint density at radius 1 is 1.11 bits per heavy atom. The van der Waals surface area contributed by atoms with Gasteiger partial charge >= 0.3 is 0 Å². The van der Waals surface area contributed by atoms with E-state index in [2.05, 4.69) is 57.0 Å². The summed E-state index contributed by atoms with van der Waals surface area (Å²) in [5, 5.41) is 0. The van der Waals surface area contributed by atoms with Gasteiger partial charge in [-0.1, -0.05) is 51.0 Å². The van der Waals surface area contributed by atoms with Crippen molar-refractivity contribution in [3.8, 4) is 0 Å². The third kappa shape index (κ3) is 5.33. The molecule has 0 saturated carbocycles. The van der Waals surface area contributed by atoms with E-state index in [0.717, 1.165) is 13.0 Å². The van der Waals surface area contributed by atoms with Crippen LogP contribution >= 0.6 is 0 Å². The molecular formula is C17H30N2. The lowest BCUT2D eigenvalue weighted by Gasteiger charge is -2.27. The first-order valence-corrected chi connectivity index (χ1v) is 7.63. The maximum atomic E-state index is 6.31. The van der Waals surface area contributed by atoms with Gasteiger partial charge in [-0.25, -0.2) is 0 Å². The van der Waals surface area contributed by atoms with Crippen LogP contribution in [0.25, 0.3) is 0 Å². The molecule has 0 saturated heterocycles. The lowest BCUT2D eigenvalue weighted by molar-refractivity contribution is 0.231. The van der Waals surface area contributed by atoms with Crippen molar-refractivity contribution in [2.45, 2.75) is 58.5 Å². The minimum absolute atomic E-state index is 0.111. The number of aryl methyl sites for hydroxylation is 1. The zero-order valence-electron chi connectivity index (χ0n) is 13.0. The summed E-state index contributed by atoms with van der Waals surface area (Å²) in [6, 6.07) is 9.53. The number of nitrogens with zero attached hydrogens (tertiary/aromatic N) is 1. The number of hydrogen-bond acceptors (Lipinski definition) is 2. The van der Waals surface area contributed by atoms with Crippen LogP contribution in [0.4, 0.5) is 0 Å². The van der Waals surface area contributed by atoms with E-state index in [-0.39, 0.29) is 6.04 Å². The molecule has 0 heterocycles. The molecule has 2 N–H and O–H groups in total. The highest BCUT2D eigenvalue weighted by Gasteiger charge is 2.13. The van der Waals surface area contributed by atoms with Gasteiger partial charge in [0.25, 0.3) is 0 Å². The van der Waals surface area contributed by atoms with Crippen molar-refractivity contribution in [1.29, 1.82) is 0 Å². The zero-order chi connectivity index (χ0) is 14.3. The molecule has 0 amide bonds. The topological polar surface area (TPSA) is 29.3 Å². The second kappa shape index (κ2) is 8.34. The third-order valence-corrected chi connectivity index (χ3v) is 3.89. The molecule has 0 radical (unpaired) electrons. The number of hydrogen-bond donors (Lipinski definition) is 1. The van der Waals surface area contributed by atoms with Crippen LogP contribution in [0.1, 0.15) is 57.2 Å². The van der Waals surface area contributed by atoms with Crippen LogP contribution in [0.3, 0.4) is 0 Å². The molecule has 0 aliphatic heterocycles. The predicted molar refractivity (Wildman–Crippen MR) is 84.4 cm³/mol. The summed E-state index contributed by atoms with van der Waals surface area (Å²) in [7, 11) is 2.17. The Bertz CT molecular complexity index is 345. The van der Waals surface area contributed by atoms with Gasteiger partial charge in [-0.05, 0) is 37.9 Å². The van der Waals surface area contributed by atoms with E-state index in [4.69, 9.17) is 5.73 Å². The van der Waals surface area contributed by atoms with E-state index in [1.54, 1.807) is 0 Å². The first-order chi connectivity index (χ1) is 9.08. The Labute approximate surface area is 119 Å². The van der Waals surface area contributed by atoms with Crippen LogP contribution in [-0.2, 0) is 6.42 Å². The molecular weight excluding hydrogens is 232 g/mol. The summed E-state index contributed by atoms with van der Waals surface area (Å²) in [4.78, 5) is 2.37. The van der Waals surface area contributed by atoms with Gasteiger partial charge in [0.1, 0.15) is 0 Å². The van der Waals surface area contributed by atoms with Crippen LogP contribution in [0.15, 0.2) is 24.3 Å². The molecule has 2 nitrogen and oxygen atoms in total. The average Bonchev–Trinajstić information content (AvgIpc) is 2.40. The minimum atomic E-state index is 0.111. The number of rotatable bonds is 8. The lowest BCUT2D eigenvalue weighted by atomic mass is 10.0. The Hall–Kier alpha value is -0.860. The Balaban J connectivity index is 2.54. The Morgan fingerprint density at radius 2 is 1.74 bits per heavy atom. The van der Waals surface area contributed by atoms with Gasteiger partial charge in [0.05, 0.1) is 0 Å². The van der Waals surface area contributed by atoms with Gasteiger partial charge in [-0.3, -0.25) is 0 Å². The molecule has 2 heteroatoms. The van der Waals surface area contributed by atoms with Gasteiger partial charge in [-0.15, -0.1) is 0 Å². The van der Waals surface area contributed by atoms with Crippen molar-refractivity contribution < 1.29 is 0 Å². The summed E-state index contributed by atoms with van der Waals surface area (Å²) in [6.07, 6.45) is 4.82. The van der Waals surface area contributed by atoms with Gasteiger partial charge in [0, 0.05) is 18.6 Å². The van der Waals surface area contributed by atoms with E-state index >= 15 is 0 Å². The van der Waals surface area contributed by atoms with Crippen molar-refractivity contribution >= 4 is 0 Å². The minimum Gasteiger partial charge on any atom is -0.323 e. The van der Waals surface area contributed by atoms with E-state index in [0.29, 0.717) is 6.04 Å². The van der Waals surface area contributed by atoms with Crippen molar-refractivity contribution in [2.24, 2.45) is 5.73 Å². The Morgan fingerprint density at radius 3 is 2.26 bits per heavy atom. The van der Waals surface area contributed by atoms with Crippen molar-refractivity contribution in [2.75, 3.05) is 13.6 Å². The Kier molecular flexibility index (Phi) is 7.11. The second-order valence-electron chi connectivity index (χ2n) is 5.68. The summed E-state index contributed by atoms with van der Waals surface area (Å²) < 4.78 is 0. The lowest BCUT2D eigenvalue weighted by Crippen LogP contribution is -2.35. The monoisotopic (exact) mass is 262 g/mol. The van der Waals surface area contributed by atoms with E-state index < -0.39 is 0 Å².